The third-order valence-electron chi connectivity index (χ3n) is 6.19. The summed E-state index contributed by atoms with van der Waals surface area (Å²) in [5.74, 6) is -2.29. The molecule has 5 rings (SSSR count). The summed E-state index contributed by atoms with van der Waals surface area (Å²) in [5.41, 5.74) is 0.620. The number of alkyl halides is 2. The standard InChI is InChI=1S/C23H20F4N10O/c1-13-31-20(19(26)27)33-36(13)21-17(25)12-29-22(32-21)34-4-6-35(7-5-34)23(38)37-18(2-3-30-37)15-8-14(11-28)9-16(24)10-15/h3,8-10,12,18-19H,2,4-7H2,1H3/t18-/m0/s1. The molecule has 2 amide bonds. The normalized spacial score (nSPS) is 17.4. The van der Waals surface area contributed by atoms with Crippen LogP contribution in [0.4, 0.5) is 28.3 Å². The van der Waals surface area contributed by atoms with Gasteiger partial charge in [-0.05, 0) is 30.7 Å². The van der Waals surface area contributed by atoms with E-state index in [1.165, 1.54) is 24.1 Å². The van der Waals surface area contributed by atoms with Gasteiger partial charge in [0.1, 0.15) is 11.6 Å². The van der Waals surface area contributed by atoms with Crippen LogP contribution in [0.15, 0.2) is 29.5 Å². The fourth-order valence-corrected chi connectivity index (χ4v) is 4.34. The number of anilines is 1. The maximum absolute atomic E-state index is 14.5. The fourth-order valence-electron chi connectivity index (χ4n) is 4.34. The van der Waals surface area contributed by atoms with Gasteiger partial charge in [0.05, 0.1) is 23.9 Å². The number of piperazine rings is 1. The molecule has 2 aromatic heterocycles. The second-order valence-electron chi connectivity index (χ2n) is 8.61. The zero-order valence-electron chi connectivity index (χ0n) is 20.0. The third kappa shape index (κ3) is 4.72. The molecule has 0 bridgehead atoms. The van der Waals surface area contributed by atoms with Gasteiger partial charge in [-0.25, -0.2) is 37.3 Å². The molecule has 0 aliphatic carbocycles. The van der Waals surface area contributed by atoms with Crippen LogP contribution in [-0.4, -0.2) is 73.1 Å². The van der Waals surface area contributed by atoms with E-state index in [1.807, 2.05) is 6.07 Å². The van der Waals surface area contributed by atoms with E-state index in [-0.39, 0.29) is 42.3 Å². The van der Waals surface area contributed by atoms with Gasteiger partial charge >= 0.3 is 6.03 Å². The molecule has 0 radical (unpaired) electrons. The number of urea groups is 1. The van der Waals surface area contributed by atoms with Gasteiger partial charge in [0.25, 0.3) is 6.43 Å². The average molecular weight is 528 g/mol. The summed E-state index contributed by atoms with van der Waals surface area (Å²) < 4.78 is 55.3. The van der Waals surface area contributed by atoms with Gasteiger partial charge in [-0.1, -0.05) is 0 Å². The van der Waals surface area contributed by atoms with E-state index in [4.69, 9.17) is 5.26 Å². The summed E-state index contributed by atoms with van der Waals surface area (Å²) in [6.07, 6.45) is -0.0499. The molecule has 1 atom stereocenters. The minimum absolute atomic E-state index is 0.0418. The first-order valence-electron chi connectivity index (χ1n) is 11.6. The van der Waals surface area contributed by atoms with Crippen molar-refractivity contribution in [2.24, 2.45) is 5.10 Å². The lowest BCUT2D eigenvalue weighted by atomic mass is 10.0. The lowest BCUT2D eigenvalue weighted by Gasteiger charge is -2.37. The molecule has 15 heteroatoms. The number of halogens is 4. The molecule has 1 aromatic carbocycles. The summed E-state index contributed by atoms with van der Waals surface area (Å²) in [7, 11) is 0. The highest BCUT2D eigenvalue weighted by Crippen LogP contribution is 2.31. The van der Waals surface area contributed by atoms with Crippen LogP contribution in [0.3, 0.4) is 0 Å². The number of hydrogen-bond donors (Lipinski definition) is 0. The van der Waals surface area contributed by atoms with Crippen LogP contribution in [0.25, 0.3) is 5.82 Å². The summed E-state index contributed by atoms with van der Waals surface area (Å²) in [5, 5.41) is 18.2. The van der Waals surface area contributed by atoms with E-state index in [9.17, 15) is 22.4 Å². The number of aryl methyl sites for hydroxylation is 1. The summed E-state index contributed by atoms with van der Waals surface area (Å²) in [6.45, 7) is 2.53. The lowest BCUT2D eigenvalue weighted by Crippen LogP contribution is -2.52. The van der Waals surface area contributed by atoms with Gasteiger partial charge in [0.15, 0.2) is 11.6 Å². The second kappa shape index (κ2) is 10.0. The van der Waals surface area contributed by atoms with Crippen molar-refractivity contribution in [2.45, 2.75) is 25.8 Å². The molecule has 0 unspecified atom stereocenters. The Balaban J connectivity index is 1.29. The first kappa shape index (κ1) is 25.1. The number of rotatable bonds is 4. The minimum atomic E-state index is -2.92. The Bertz CT molecular complexity index is 1440. The topological polar surface area (TPSA) is 119 Å². The number of carbonyl (C=O) groups excluding carboxylic acids is 1. The zero-order chi connectivity index (χ0) is 27.0. The fraction of sp³-hybridized carbons (Fsp3) is 0.348. The highest BCUT2D eigenvalue weighted by Gasteiger charge is 2.34. The van der Waals surface area contributed by atoms with Gasteiger partial charge < -0.3 is 9.80 Å². The van der Waals surface area contributed by atoms with Crippen molar-refractivity contribution in [3.05, 3.63) is 58.8 Å². The number of nitriles is 1. The average Bonchev–Trinajstić information content (AvgIpc) is 3.55. The molecule has 1 fully saturated rings. The highest BCUT2D eigenvalue weighted by atomic mass is 19.3. The smallest absolute Gasteiger partial charge is 0.337 e. The van der Waals surface area contributed by atoms with Crippen molar-refractivity contribution < 1.29 is 22.4 Å². The van der Waals surface area contributed by atoms with Crippen LogP contribution in [0.1, 0.15) is 41.7 Å². The van der Waals surface area contributed by atoms with Gasteiger partial charge in [-0.15, -0.1) is 5.10 Å². The Morgan fingerprint density at radius 1 is 1.13 bits per heavy atom. The highest BCUT2D eigenvalue weighted by molar-refractivity contribution is 5.78. The van der Waals surface area contributed by atoms with E-state index in [1.54, 1.807) is 16.0 Å². The quantitative estimate of drug-likeness (QED) is 0.477. The van der Waals surface area contributed by atoms with Crippen LogP contribution in [0.5, 0.6) is 0 Å². The summed E-state index contributed by atoms with van der Waals surface area (Å²) in [4.78, 5) is 28.4. The molecular formula is C23H20F4N10O. The number of hydrogen-bond acceptors (Lipinski definition) is 8. The number of aromatic nitrogens is 5. The molecule has 11 nitrogen and oxygen atoms in total. The second-order valence-corrected chi connectivity index (χ2v) is 8.61. The summed E-state index contributed by atoms with van der Waals surface area (Å²) >= 11 is 0. The number of amides is 2. The van der Waals surface area contributed by atoms with Crippen molar-refractivity contribution in [1.82, 2.24) is 34.6 Å². The molecule has 0 spiro atoms. The van der Waals surface area contributed by atoms with Gasteiger partial charge in [0, 0.05) is 38.8 Å². The Morgan fingerprint density at radius 3 is 2.58 bits per heavy atom. The van der Waals surface area contributed by atoms with Crippen molar-refractivity contribution in [3.63, 3.8) is 0 Å². The predicted molar refractivity (Wildman–Crippen MR) is 125 cm³/mol. The maximum atomic E-state index is 14.5. The van der Waals surface area contributed by atoms with Crippen LogP contribution in [-0.2, 0) is 0 Å². The molecule has 2 aliphatic rings. The van der Waals surface area contributed by atoms with E-state index in [0.717, 1.165) is 16.9 Å². The monoisotopic (exact) mass is 528 g/mol. The van der Waals surface area contributed by atoms with E-state index < -0.39 is 29.9 Å². The Kier molecular flexibility index (Phi) is 6.62. The van der Waals surface area contributed by atoms with Gasteiger partial charge in [-0.3, -0.25) is 0 Å². The molecule has 4 heterocycles. The molecule has 2 aliphatic heterocycles. The minimum Gasteiger partial charge on any atom is -0.337 e. The summed E-state index contributed by atoms with van der Waals surface area (Å²) in [6, 6.07) is 4.91. The van der Waals surface area contributed by atoms with Crippen molar-refractivity contribution in [1.29, 1.82) is 5.26 Å². The molecule has 196 valence electrons. The maximum Gasteiger partial charge on any atom is 0.341 e. The first-order chi connectivity index (χ1) is 18.2. The number of carbonyl (C=O) groups is 1. The predicted octanol–water partition coefficient (Wildman–Crippen LogP) is 3.13. The zero-order valence-corrected chi connectivity index (χ0v) is 20.0. The Morgan fingerprint density at radius 2 is 1.89 bits per heavy atom. The van der Waals surface area contributed by atoms with Crippen LogP contribution < -0.4 is 4.90 Å². The van der Waals surface area contributed by atoms with Crippen molar-refractivity contribution in [3.8, 4) is 11.9 Å². The number of benzene rings is 1. The first-order valence-corrected chi connectivity index (χ1v) is 11.6. The van der Waals surface area contributed by atoms with Crippen LogP contribution >= 0.6 is 0 Å². The SMILES string of the molecule is Cc1nc(C(F)F)nn1-c1nc(N2CCN(C(=O)N3N=CC[C@H]3c3cc(F)cc(C#N)c3)CC2)ncc1F. The molecule has 3 aromatic rings. The van der Waals surface area contributed by atoms with E-state index in [2.05, 4.69) is 25.2 Å². The molecule has 0 N–H and O–H groups in total. The molecule has 1 saturated heterocycles. The molecular weight excluding hydrogens is 508 g/mol. The Hall–Kier alpha value is -4.61. The number of hydrazone groups is 1. The largest absolute Gasteiger partial charge is 0.341 e. The van der Waals surface area contributed by atoms with Gasteiger partial charge in [0.2, 0.25) is 11.8 Å². The number of nitrogens with zero attached hydrogens (tertiary/aromatic N) is 10. The molecule has 38 heavy (non-hydrogen) atoms. The molecule has 0 saturated carbocycles. The van der Waals surface area contributed by atoms with Crippen LogP contribution in [0.2, 0.25) is 0 Å². The van der Waals surface area contributed by atoms with Crippen molar-refractivity contribution >= 4 is 18.2 Å². The Labute approximate surface area is 213 Å². The van der Waals surface area contributed by atoms with Gasteiger partial charge in [-0.2, -0.15) is 20.0 Å². The third-order valence-corrected chi connectivity index (χ3v) is 6.19. The lowest BCUT2D eigenvalue weighted by molar-refractivity contribution is 0.139. The van der Waals surface area contributed by atoms with Crippen LogP contribution in [0, 0.1) is 29.9 Å². The van der Waals surface area contributed by atoms with Crippen molar-refractivity contribution in [2.75, 3.05) is 31.1 Å². The van der Waals surface area contributed by atoms with E-state index >= 15 is 0 Å². The van der Waals surface area contributed by atoms with E-state index in [0.29, 0.717) is 25.1 Å².